The minimum absolute atomic E-state index is 0.158. The zero-order chi connectivity index (χ0) is 13.9. The van der Waals surface area contributed by atoms with E-state index >= 15 is 0 Å². The molecule has 20 heavy (non-hydrogen) atoms. The molecule has 1 saturated carbocycles. The van der Waals surface area contributed by atoms with E-state index in [0.29, 0.717) is 12.4 Å². The van der Waals surface area contributed by atoms with Gasteiger partial charge < -0.3 is 9.84 Å². The van der Waals surface area contributed by atoms with Gasteiger partial charge in [-0.05, 0) is 24.8 Å². The zero-order valence-electron chi connectivity index (χ0n) is 11.0. The average Bonchev–Trinajstić information content (AvgIpc) is 2.79. The number of carbonyl (C=O) groups is 1. The fourth-order valence-electron chi connectivity index (χ4n) is 2.30. The maximum Gasteiger partial charge on any atom is 0.358 e. The van der Waals surface area contributed by atoms with Gasteiger partial charge in [-0.3, -0.25) is 4.68 Å². The topological polar surface area (TPSA) is 64.3 Å². The molecule has 1 fully saturated rings. The first-order chi connectivity index (χ1) is 9.75. The summed E-state index contributed by atoms with van der Waals surface area (Å²) >= 11 is 0. The molecule has 0 radical (unpaired) electrons. The van der Waals surface area contributed by atoms with E-state index in [4.69, 9.17) is 4.74 Å². The van der Waals surface area contributed by atoms with Crippen LogP contribution in [0.5, 0.6) is 5.75 Å². The van der Waals surface area contributed by atoms with Gasteiger partial charge in [0.2, 0.25) is 0 Å². The predicted octanol–water partition coefficient (Wildman–Crippen LogP) is 2.89. The number of nitrogens with zero attached hydrogens (tertiary/aromatic N) is 2. The van der Waals surface area contributed by atoms with Gasteiger partial charge in [0.15, 0.2) is 11.4 Å². The van der Waals surface area contributed by atoms with Crippen LogP contribution in [0.2, 0.25) is 0 Å². The number of benzene rings is 1. The van der Waals surface area contributed by atoms with Crippen molar-refractivity contribution >= 4 is 5.97 Å². The summed E-state index contributed by atoms with van der Waals surface area (Å²) in [6, 6.07) is 9.87. The number of hydrogen-bond donors (Lipinski definition) is 1. The summed E-state index contributed by atoms with van der Waals surface area (Å²) in [5.41, 5.74) is 1.16. The van der Waals surface area contributed by atoms with E-state index < -0.39 is 5.97 Å². The molecule has 1 heterocycles. The molecule has 104 valence electrons. The molecule has 1 aromatic heterocycles. The maximum absolute atomic E-state index is 11.4. The minimum atomic E-state index is -0.988. The number of carboxylic acid groups (broad SMARTS) is 1. The molecule has 5 nitrogen and oxygen atoms in total. The van der Waals surface area contributed by atoms with E-state index in [-0.39, 0.29) is 11.7 Å². The van der Waals surface area contributed by atoms with Crippen molar-refractivity contribution in [2.45, 2.75) is 31.9 Å². The fourth-order valence-corrected chi connectivity index (χ4v) is 2.30. The molecule has 0 amide bonds. The molecule has 0 aliphatic heterocycles. The Morgan fingerprint density at radius 3 is 2.70 bits per heavy atom. The normalized spacial score (nSPS) is 14.8. The van der Waals surface area contributed by atoms with Gasteiger partial charge in [-0.15, -0.1) is 0 Å². The monoisotopic (exact) mass is 272 g/mol. The number of carboxylic acids is 1. The minimum Gasteiger partial charge on any atom is -0.485 e. The Labute approximate surface area is 116 Å². The largest absolute Gasteiger partial charge is 0.485 e. The molecule has 1 aliphatic carbocycles. The van der Waals surface area contributed by atoms with Gasteiger partial charge in [-0.25, -0.2) is 4.79 Å². The van der Waals surface area contributed by atoms with Gasteiger partial charge >= 0.3 is 5.97 Å². The van der Waals surface area contributed by atoms with Crippen LogP contribution in [0.15, 0.2) is 36.5 Å². The van der Waals surface area contributed by atoms with Crippen molar-refractivity contribution in [3.63, 3.8) is 0 Å². The van der Waals surface area contributed by atoms with Crippen molar-refractivity contribution in [3.05, 3.63) is 47.8 Å². The van der Waals surface area contributed by atoms with Gasteiger partial charge in [-0.1, -0.05) is 30.3 Å². The molecule has 1 aliphatic rings. The zero-order valence-corrected chi connectivity index (χ0v) is 11.0. The Kier molecular flexibility index (Phi) is 3.41. The molecule has 2 aromatic rings. The molecule has 0 bridgehead atoms. The third kappa shape index (κ3) is 2.39. The lowest BCUT2D eigenvalue weighted by atomic mass is 9.93. The van der Waals surface area contributed by atoms with E-state index in [0.717, 1.165) is 24.8 Å². The van der Waals surface area contributed by atoms with Gasteiger partial charge in [0.05, 0.1) is 12.2 Å². The summed E-state index contributed by atoms with van der Waals surface area (Å²) in [6.07, 6.45) is 4.61. The average molecular weight is 272 g/mol. The van der Waals surface area contributed by atoms with E-state index in [9.17, 15) is 9.90 Å². The van der Waals surface area contributed by atoms with Crippen LogP contribution >= 0.6 is 0 Å². The van der Waals surface area contributed by atoms with E-state index in [1.807, 2.05) is 30.3 Å². The molecular formula is C15H16N2O3. The number of aromatic carboxylic acids is 1. The first kappa shape index (κ1) is 12.7. The lowest BCUT2D eigenvalue weighted by Crippen LogP contribution is -2.22. The third-order valence-corrected chi connectivity index (χ3v) is 3.62. The van der Waals surface area contributed by atoms with Crippen molar-refractivity contribution in [1.29, 1.82) is 0 Å². The summed E-state index contributed by atoms with van der Waals surface area (Å²) in [5, 5.41) is 13.5. The van der Waals surface area contributed by atoms with Crippen LogP contribution in [0, 0.1) is 0 Å². The molecule has 5 heteroatoms. The summed E-state index contributed by atoms with van der Waals surface area (Å²) in [5.74, 6) is -0.647. The van der Waals surface area contributed by atoms with Gasteiger partial charge in [0.25, 0.3) is 0 Å². The number of aromatic nitrogens is 2. The quantitative estimate of drug-likeness (QED) is 0.909. The van der Waals surface area contributed by atoms with Crippen LogP contribution in [-0.2, 0) is 6.61 Å². The standard InChI is InChI=1S/C15H16N2O3/c18-15(19)14-13(9-16-17(14)12-7-4-8-12)20-10-11-5-2-1-3-6-11/h1-3,5-6,9,12H,4,7-8,10H2,(H,18,19). The van der Waals surface area contributed by atoms with E-state index in [1.165, 1.54) is 6.20 Å². The second-order valence-corrected chi connectivity index (χ2v) is 4.97. The predicted molar refractivity (Wildman–Crippen MR) is 72.8 cm³/mol. The van der Waals surface area contributed by atoms with Gasteiger partial charge in [0.1, 0.15) is 6.61 Å². The molecule has 1 aromatic carbocycles. The van der Waals surface area contributed by atoms with Crippen LogP contribution in [0.3, 0.4) is 0 Å². The van der Waals surface area contributed by atoms with Crippen LogP contribution in [0.25, 0.3) is 0 Å². The summed E-state index contributed by atoms with van der Waals surface area (Å²) in [7, 11) is 0. The smallest absolute Gasteiger partial charge is 0.358 e. The molecule has 0 atom stereocenters. The highest BCUT2D eigenvalue weighted by Crippen LogP contribution is 2.34. The first-order valence-electron chi connectivity index (χ1n) is 6.73. The van der Waals surface area contributed by atoms with E-state index in [2.05, 4.69) is 5.10 Å². The highest BCUT2D eigenvalue weighted by Gasteiger charge is 2.28. The van der Waals surface area contributed by atoms with Crippen LogP contribution in [0.4, 0.5) is 0 Å². The highest BCUT2D eigenvalue weighted by atomic mass is 16.5. The Bertz CT molecular complexity index is 603. The number of rotatable bonds is 5. The van der Waals surface area contributed by atoms with Crippen molar-refractivity contribution in [2.24, 2.45) is 0 Å². The van der Waals surface area contributed by atoms with Crippen molar-refractivity contribution in [3.8, 4) is 5.75 Å². The van der Waals surface area contributed by atoms with Crippen LogP contribution in [0.1, 0.15) is 41.4 Å². The fraction of sp³-hybridized carbons (Fsp3) is 0.333. The molecule has 0 unspecified atom stereocenters. The first-order valence-corrected chi connectivity index (χ1v) is 6.73. The Hall–Kier alpha value is -2.30. The van der Waals surface area contributed by atoms with Gasteiger partial charge in [-0.2, -0.15) is 5.10 Å². The van der Waals surface area contributed by atoms with Gasteiger partial charge in [0, 0.05) is 0 Å². The number of hydrogen-bond acceptors (Lipinski definition) is 3. The Morgan fingerprint density at radius 2 is 2.10 bits per heavy atom. The molecule has 0 saturated heterocycles. The van der Waals surface area contributed by atoms with Crippen LogP contribution < -0.4 is 4.74 Å². The summed E-state index contributed by atoms with van der Waals surface area (Å²) < 4.78 is 7.21. The molecular weight excluding hydrogens is 256 g/mol. The molecule has 0 spiro atoms. The highest BCUT2D eigenvalue weighted by molar-refractivity contribution is 5.88. The Balaban J connectivity index is 1.79. The van der Waals surface area contributed by atoms with Crippen molar-refractivity contribution in [2.75, 3.05) is 0 Å². The van der Waals surface area contributed by atoms with Crippen LogP contribution in [-0.4, -0.2) is 20.9 Å². The number of ether oxygens (including phenoxy) is 1. The SMILES string of the molecule is O=C(O)c1c(OCc2ccccc2)cnn1C1CCC1. The summed E-state index contributed by atoms with van der Waals surface area (Å²) in [6.45, 7) is 0.345. The lowest BCUT2D eigenvalue weighted by Gasteiger charge is -2.26. The second kappa shape index (κ2) is 5.36. The molecule has 1 N–H and O–H groups in total. The lowest BCUT2D eigenvalue weighted by molar-refractivity contribution is 0.0669. The third-order valence-electron chi connectivity index (χ3n) is 3.62. The molecule has 3 rings (SSSR count). The maximum atomic E-state index is 11.4. The Morgan fingerprint density at radius 1 is 1.35 bits per heavy atom. The second-order valence-electron chi connectivity index (χ2n) is 4.97. The van der Waals surface area contributed by atoms with Crippen molar-refractivity contribution in [1.82, 2.24) is 9.78 Å². The summed E-state index contributed by atoms with van der Waals surface area (Å²) in [4.78, 5) is 11.4. The van der Waals surface area contributed by atoms with E-state index in [1.54, 1.807) is 4.68 Å². The van der Waals surface area contributed by atoms with Crippen molar-refractivity contribution < 1.29 is 14.6 Å².